The number of hydrogen-bond acceptors (Lipinski definition) is 6. The number of aromatic nitrogens is 3. The number of hydrazone groups is 1. The van der Waals surface area contributed by atoms with Crippen LogP contribution in [0.25, 0.3) is 6.08 Å². The highest BCUT2D eigenvalue weighted by Crippen LogP contribution is 2.03. The number of nitrogens with zero attached hydrogens (tertiary/aromatic N) is 4. The van der Waals surface area contributed by atoms with Crippen molar-refractivity contribution < 1.29 is 14.0 Å². The van der Waals surface area contributed by atoms with E-state index < -0.39 is 11.8 Å². The predicted octanol–water partition coefficient (Wildman–Crippen LogP) is 1.35. The Hall–Kier alpha value is -4.01. The monoisotopic (exact) mass is 378 g/mol. The third-order valence-corrected chi connectivity index (χ3v) is 3.55. The molecule has 0 aliphatic heterocycles. The van der Waals surface area contributed by atoms with Crippen LogP contribution in [0.5, 0.6) is 0 Å². The number of amides is 2. The maximum Gasteiger partial charge on any atom is 0.329 e. The van der Waals surface area contributed by atoms with Crippen LogP contribution in [-0.2, 0) is 22.7 Å². The summed E-state index contributed by atoms with van der Waals surface area (Å²) in [6, 6.07) is 13.3. The molecule has 0 aliphatic carbocycles. The van der Waals surface area contributed by atoms with E-state index in [0.29, 0.717) is 18.0 Å². The average Bonchev–Trinajstić information content (AvgIpc) is 3.38. The van der Waals surface area contributed by atoms with E-state index in [2.05, 4.69) is 26.2 Å². The van der Waals surface area contributed by atoms with Gasteiger partial charge in [-0.3, -0.25) is 9.59 Å². The van der Waals surface area contributed by atoms with Crippen LogP contribution in [0.4, 0.5) is 0 Å². The molecule has 2 heterocycles. The van der Waals surface area contributed by atoms with Crippen molar-refractivity contribution in [1.82, 2.24) is 25.7 Å². The molecule has 0 fully saturated rings. The molecule has 2 N–H and O–H groups in total. The second-order valence-corrected chi connectivity index (χ2v) is 5.67. The first-order valence-electron chi connectivity index (χ1n) is 8.45. The first-order valence-corrected chi connectivity index (χ1v) is 8.45. The molecule has 2 amide bonds. The highest BCUT2D eigenvalue weighted by atomic mass is 16.3. The lowest BCUT2D eigenvalue weighted by atomic mass is 10.2. The van der Waals surface area contributed by atoms with E-state index >= 15 is 0 Å². The van der Waals surface area contributed by atoms with Crippen molar-refractivity contribution in [1.29, 1.82) is 0 Å². The number of furan rings is 1. The number of allylic oxidation sites excluding steroid dienone is 1. The summed E-state index contributed by atoms with van der Waals surface area (Å²) < 4.78 is 6.78. The molecule has 0 unspecified atom stereocenters. The van der Waals surface area contributed by atoms with Crippen molar-refractivity contribution in [2.45, 2.75) is 13.1 Å². The van der Waals surface area contributed by atoms with Gasteiger partial charge < -0.3 is 9.73 Å². The van der Waals surface area contributed by atoms with Crippen LogP contribution in [0.15, 0.2) is 70.5 Å². The SMILES string of the molecule is O=C(NCc1ccco1)C(=O)N/N=C\C=C\c1cn(Cc2ccccc2)nn1. The third kappa shape index (κ3) is 5.77. The van der Waals surface area contributed by atoms with Gasteiger partial charge in [0.2, 0.25) is 0 Å². The summed E-state index contributed by atoms with van der Waals surface area (Å²) in [7, 11) is 0. The number of benzene rings is 1. The summed E-state index contributed by atoms with van der Waals surface area (Å²) in [6.07, 6.45) is 7.88. The van der Waals surface area contributed by atoms with Gasteiger partial charge >= 0.3 is 11.8 Å². The molecule has 0 bridgehead atoms. The number of carbonyl (C=O) groups excluding carboxylic acids is 2. The summed E-state index contributed by atoms with van der Waals surface area (Å²) in [5.74, 6) is -1.13. The predicted molar refractivity (Wildman–Crippen MR) is 102 cm³/mol. The lowest BCUT2D eigenvalue weighted by Crippen LogP contribution is -2.37. The second-order valence-electron chi connectivity index (χ2n) is 5.67. The Morgan fingerprint density at radius 1 is 1.14 bits per heavy atom. The highest BCUT2D eigenvalue weighted by molar-refractivity contribution is 6.35. The Morgan fingerprint density at radius 2 is 2.00 bits per heavy atom. The van der Waals surface area contributed by atoms with Gasteiger partial charge in [0.15, 0.2) is 0 Å². The Bertz CT molecular complexity index is 961. The molecule has 0 radical (unpaired) electrons. The Kier molecular flexibility index (Phi) is 6.45. The van der Waals surface area contributed by atoms with Crippen molar-refractivity contribution >= 4 is 24.1 Å². The van der Waals surface area contributed by atoms with Crippen molar-refractivity contribution in [3.05, 3.63) is 78.0 Å². The van der Waals surface area contributed by atoms with Crippen LogP contribution in [-0.4, -0.2) is 33.0 Å². The zero-order valence-corrected chi connectivity index (χ0v) is 14.9. The van der Waals surface area contributed by atoms with E-state index in [-0.39, 0.29) is 6.54 Å². The standard InChI is InChI=1S/C19H18N6O3/c26-18(20-12-17-9-5-11-28-17)19(27)23-21-10-4-8-16-14-25(24-22-16)13-15-6-2-1-3-7-15/h1-11,14H,12-13H2,(H,20,26)(H,23,27)/b8-4+,21-10-. The van der Waals surface area contributed by atoms with Gasteiger partial charge in [-0.25, -0.2) is 10.1 Å². The minimum absolute atomic E-state index is 0.126. The van der Waals surface area contributed by atoms with Gasteiger partial charge in [0, 0.05) is 6.21 Å². The third-order valence-electron chi connectivity index (χ3n) is 3.55. The van der Waals surface area contributed by atoms with Crippen LogP contribution in [0.3, 0.4) is 0 Å². The molecule has 3 aromatic rings. The van der Waals surface area contributed by atoms with E-state index in [4.69, 9.17) is 4.42 Å². The van der Waals surface area contributed by atoms with Crippen molar-refractivity contribution in [3.63, 3.8) is 0 Å². The van der Waals surface area contributed by atoms with Gasteiger partial charge in [0.1, 0.15) is 11.5 Å². The van der Waals surface area contributed by atoms with Crippen LogP contribution in [0, 0.1) is 0 Å². The quantitative estimate of drug-likeness (QED) is 0.366. The maximum atomic E-state index is 11.6. The number of rotatable bonds is 7. The molecule has 0 aliphatic rings. The zero-order valence-electron chi connectivity index (χ0n) is 14.9. The molecule has 3 rings (SSSR count). The molecule has 1 aromatic carbocycles. The van der Waals surface area contributed by atoms with E-state index in [1.54, 1.807) is 35.2 Å². The molecule has 0 saturated carbocycles. The smallest absolute Gasteiger partial charge is 0.329 e. The van der Waals surface area contributed by atoms with Gasteiger partial charge in [0.05, 0.1) is 25.5 Å². The van der Waals surface area contributed by atoms with Crippen molar-refractivity contribution in [3.8, 4) is 0 Å². The first-order chi connectivity index (χ1) is 13.7. The fourth-order valence-electron chi connectivity index (χ4n) is 2.23. The maximum absolute atomic E-state index is 11.6. The topological polar surface area (TPSA) is 114 Å². The largest absolute Gasteiger partial charge is 0.467 e. The molecular weight excluding hydrogens is 360 g/mol. The lowest BCUT2D eigenvalue weighted by molar-refractivity contribution is -0.139. The zero-order chi connectivity index (χ0) is 19.6. The molecule has 9 heteroatoms. The minimum atomic E-state index is -0.870. The molecule has 2 aromatic heterocycles. The van der Waals surface area contributed by atoms with E-state index in [9.17, 15) is 9.59 Å². The van der Waals surface area contributed by atoms with Crippen molar-refractivity contribution in [2.75, 3.05) is 0 Å². The minimum Gasteiger partial charge on any atom is -0.467 e. The highest BCUT2D eigenvalue weighted by Gasteiger charge is 2.12. The Labute approximate surface area is 160 Å². The number of nitrogens with one attached hydrogen (secondary N) is 2. The van der Waals surface area contributed by atoms with E-state index in [0.717, 1.165) is 5.56 Å². The van der Waals surface area contributed by atoms with Crippen molar-refractivity contribution in [2.24, 2.45) is 5.10 Å². The fraction of sp³-hybridized carbons (Fsp3) is 0.105. The normalized spacial score (nSPS) is 11.1. The lowest BCUT2D eigenvalue weighted by Gasteiger charge is -2.00. The molecule has 0 saturated heterocycles. The molecular formula is C19H18N6O3. The van der Waals surface area contributed by atoms with Crippen LogP contribution in [0.2, 0.25) is 0 Å². The van der Waals surface area contributed by atoms with Crippen LogP contribution < -0.4 is 10.7 Å². The molecule has 9 nitrogen and oxygen atoms in total. The number of carbonyl (C=O) groups is 2. The second kappa shape index (κ2) is 9.62. The van der Waals surface area contributed by atoms with Crippen LogP contribution in [0.1, 0.15) is 17.0 Å². The fourth-order valence-corrected chi connectivity index (χ4v) is 2.23. The molecule has 0 spiro atoms. The summed E-state index contributed by atoms with van der Waals surface area (Å²) in [6.45, 7) is 0.750. The Morgan fingerprint density at radius 3 is 2.79 bits per heavy atom. The van der Waals surface area contributed by atoms with Gasteiger partial charge in [-0.05, 0) is 29.8 Å². The van der Waals surface area contributed by atoms with E-state index in [1.807, 2.05) is 30.3 Å². The summed E-state index contributed by atoms with van der Waals surface area (Å²) >= 11 is 0. The Balaban J connectivity index is 1.41. The van der Waals surface area contributed by atoms with E-state index in [1.165, 1.54) is 12.5 Å². The summed E-state index contributed by atoms with van der Waals surface area (Å²) in [5, 5.41) is 14.2. The molecule has 0 atom stereocenters. The van der Waals surface area contributed by atoms with Crippen LogP contribution >= 0.6 is 0 Å². The summed E-state index contributed by atoms with van der Waals surface area (Å²) in [5.41, 5.74) is 3.90. The average molecular weight is 378 g/mol. The van der Waals surface area contributed by atoms with Gasteiger partial charge in [-0.2, -0.15) is 5.10 Å². The van der Waals surface area contributed by atoms with Gasteiger partial charge in [-0.1, -0.05) is 35.5 Å². The molecule has 142 valence electrons. The van der Waals surface area contributed by atoms with Gasteiger partial charge in [-0.15, -0.1) is 5.10 Å². The van der Waals surface area contributed by atoms with Gasteiger partial charge in [0.25, 0.3) is 0 Å². The summed E-state index contributed by atoms with van der Waals surface area (Å²) in [4.78, 5) is 23.2. The first kappa shape index (κ1) is 18.8. The molecule has 28 heavy (non-hydrogen) atoms. The number of hydrogen-bond donors (Lipinski definition) is 2.